The first kappa shape index (κ1) is 25.9. The van der Waals surface area contributed by atoms with Gasteiger partial charge in [0.2, 0.25) is 5.82 Å². The van der Waals surface area contributed by atoms with Crippen LogP contribution in [0, 0.1) is 12.7 Å². The number of halogens is 4. The summed E-state index contributed by atoms with van der Waals surface area (Å²) in [5, 5.41) is 6.15. The zero-order valence-corrected chi connectivity index (χ0v) is 20.2. The number of benzene rings is 1. The lowest BCUT2D eigenvalue weighted by Gasteiger charge is -2.24. The maximum atomic E-state index is 15.5. The molecule has 3 heterocycles. The van der Waals surface area contributed by atoms with E-state index in [1.807, 2.05) is 6.92 Å². The Kier molecular flexibility index (Phi) is 7.81. The van der Waals surface area contributed by atoms with Gasteiger partial charge in [0.25, 0.3) is 5.91 Å². The lowest BCUT2D eigenvalue weighted by molar-refractivity contribution is -0.145. The highest BCUT2D eigenvalue weighted by molar-refractivity contribution is 7.14. The zero-order chi connectivity index (χ0) is 25.9. The van der Waals surface area contributed by atoms with E-state index in [1.54, 1.807) is 6.20 Å². The van der Waals surface area contributed by atoms with Gasteiger partial charge >= 0.3 is 6.18 Å². The van der Waals surface area contributed by atoms with Gasteiger partial charge in [-0.3, -0.25) is 4.79 Å². The Morgan fingerprint density at radius 1 is 1.28 bits per heavy atom. The molecule has 1 fully saturated rings. The van der Waals surface area contributed by atoms with E-state index >= 15 is 4.39 Å². The number of amides is 1. The van der Waals surface area contributed by atoms with Gasteiger partial charge in [0.1, 0.15) is 29.3 Å². The molecular weight excluding hydrogens is 502 g/mol. The fourth-order valence-corrected chi connectivity index (χ4v) is 4.24. The molecule has 0 radical (unpaired) electrons. The van der Waals surface area contributed by atoms with Crippen molar-refractivity contribution < 1.29 is 31.8 Å². The first-order valence-electron chi connectivity index (χ1n) is 11.0. The Balaban J connectivity index is 1.57. The molecule has 1 saturated heterocycles. The molecule has 2 aromatic heterocycles. The third kappa shape index (κ3) is 6.15. The fraction of sp³-hybridized carbons (Fsp3) is 0.391. The van der Waals surface area contributed by atoms with Crippen molar-refractivity contribution in [3.05, 3.63) is 58.4 Å². The molecule has 0 aliphatic carbocycles. The Bertz CT molecular complexity index is 1210. The minimum Gasteiger partial charge on any atom is -0.491 e. The van der Waals surface area contributed by atoms with E-state index in [9.17, 15) is 18.0 Å². The average molecular weight is 526 g/mol. The summed E-state index contributed by atoms with van der Waals surface area (Å²) in [6, 6.07) is 1.96. The van der Waals surface area contributed by atoms with Gasteiger partial charge in [-0.25, -0.2) is 19.3 Å². The van der Waals surface area contributed by atoms with Crippen LogP contribution in [0.3, 0.4) is 0 Å². The number of aromatic nitrogens is 3. The number of ether oxygens (including phenoxy) is 2. The predicted molar refractivity (Wildman–Crippen MR) is 123 cm³/mol. The summed E-state index contributed by atoms with van der Waals surface area (Å²) in [5.74, 6) is -2.61. The van der Waals surface area contributed by atoms with Crippen molar-refractivity contribution in [1.29, 1.82) is 0 Å². The van der Waals surface area contributed by atoms with Crippen LogP contribution in [0.1, 0.15) is 39.6 Å². The molecule has 2 atom stereocenters. The van der Waals surface area contributed by atoms with Crippen LogP contribution in [0.2, 0.25) is 0 Å². The normalized spacial score (nSPS) is 17.0. The van der Waals surface area contributed by atoms with Crippen molar-refractivity contribution in [2.45, 2.75) is 32.2 Å². The zero-order valence-electron chi connectivity index (χ0n) is 19.4. The van der Waals surface area contributed by atoms with Crippen molar-refractivity contribution in [1.82, 2.24) is 25.6 Å². The maximum Gasteiger partial charge on any atom is 0.451 e. The number of nitrogens with one attached hydrogen (secondary N) is 2. The van der Waals surface area contributed by atoms with E-state index in [1.165, 1.54) is 30.4 Å². The maximum absolute atomic E-state index is 15.5. The molecule has 1 aliphatic rings. The Hall–Kier alpha value is -3.16. The van der Waals surface area contributed by atoms with Crippen molar-refractivity contribution in [2.24, 2.45) is 0 Å². The molecule has 1 aromatic carbocycles. The second-order valence-corrected chi connectivity index (χ2v) is 9.38. The van der Waals surface area contributed by atoms with Gasteiger partial charge in [-0.2, -0.15) is 13.2 Å². The molecule has 1 amide bonds. The van der Waals surface area contributed by atoms with Crippen molar-refractivity contribution >= 4 is 17.2 Å². The SMILES string of the molecule is Cc1cnc(-c2cc(OC[C@H]3CNCCO3)cc(C(=O)NC(C)c3cnc(C(F)(F)F)nc3)c2F)s1. The molecule has 36 heavy (non-hydrogen) atoms. The summed E-state index contributed by atoms with van der Waals surface area (Å²) in [6.45, 7) is 5.43. The lowest BCUT2D eigenvalue weighted by Crippen LogP contribution is -2.41. The minimum atomic E-state index is -4.68. The number of nitrogens with zero attached hydrogens (tertiary/aromatic N) is 3. The molecular formula is C23H23F4N5O3S. The molecule has 8 nitrogen and oxygen atoms in total. The van der Waals surface area contributed by atoms with E-state index in [0.29, 0.717) is 18.2 Å². The van der Waals surface area contributed by atoms with Crippen LogP contribution in [0.15, 0.2) is 30.7 Å². The van der Waals surface area contributed by atoms with Crippen LogP contribution in [0.25, 0.3) is 10.6 Å². The summed E-state index contributed by atoms with van der Waals surface area (Å²) in [7, 11) is 0. The van der Waals surface area contributed by atoms with E-state index in [0.717, 1.165) is 23.8 Å². The second kappa shape index (κ2) is 10.8. The summed E-state index contributed by atoms with van der Waals surface area (Å²) >= 11 is 1.26. The number of carbonyl (C=O) groups is 1. The number of alkyl halides is 3. The number of carbonyl (C=O) groups excluding carboxylic acids is 1. The third-order valence-electron chi connectivity index (χ3n) is 5.36. The van der Waals surface area contributed by atoms with Crippen molar-refractivity contribution in [2.75, 3.05) is 26.3 Å². The van der Waals surface area contributed by atoms with E-state index in [2.05, 4.69) is 25.6 Å². The number of rotatable bonds is 7. The number of hydrogen-bond acceptors (Lipinski definition) is 8. The lowest BCUT2D eigenvalue weighted by atomic mass is 10.1. The van der Waals surface area contributed by atoms with Crippen molar-refractivity contribution in [3.63, 3.8) is 0 Å². The fourth-order valence-electron chi connectivity index (χ4n) is 3.46. The Labute approximate surface area is 208 Å². The molecule has 1 unspecified atom stereocenters. The summed E-state index contributed by atoms with van der Waals surface area (Å²) in [5.41, 5.74) is 0.0311. The van der Waals surface area contributed by atoms with Crippen LogP contribution in [-0.2, 0) is 10.9 Å². The van der Waals surface area contributed by atoms with Gasteiger partial charge in [0.15, 0.2) is 0 Å². The summed E-state index contributed by atoms with van der Waals surface area (Å²) in [6.07, 6.45) is -1.35. The molecule has 0 saturated carbocycles. The molecule has 2 N–H and O–H groups in total. The van der Waals surface area contributed by atoms with Crippen LogP contribution in [0.4, 0.5) is 17.6 Å². The third-order valence-corrected chi connectivity index (χ3v) is 6.30. The van der Waals surface area contributed by atoms with Crippen LogP contribution in [0.5, 0.6) is 5.75 Å². The molecule has 3 aromatic rings. The first-order chi connectivity index (χ1) is 17.1. The quantitative estimate of drug-likeness (QED) is 0.451. The number of hydrogen-bond donors (Lipinski definition) is 2. The van der Waals surface area contributed by atoms with Crippen LogP contribution >= 0.6 is 11.3 Å². The van der Waals surface area contributed by atoms with Gasteiger partial charge in [-0.15, -0.1) is 11.3 Å². The average Bonchev–Trinajstić information content (AvgIpc) is 3.29. The largest absolute Gasteiger partial charge is 0.491 e. The first-order valence-corrected chi connectivity index (χ1v) is 11.8. The van der Waals surface area contributed by atoms with Gasteiger partial charge in [-0.1, -0.05) is 0 Å². The minimum absolute atomic E-state index is 0.101. The van der Waals surface area contributed by atoms with Gasteiger partial charge in [0.05, 0.1) is 23.8 Å². The van der Waals surface area contributed by atoms with E-state index in [-0.39, 0.29) is 35.2 Å². The predicted octanol–water partition coefficient (Wildman–Crippen LogP) is 3.92. The highest BCUT2D eigenvalue weighted by Crippen LogP contribution is 2.33. The number of aryl methyl sites for hydroxylation is 1. The topological polar surface area (TPSA) is 98.3 Å². The standard InChI is InChI=1S/C23H23F4N5O3S/c1-12-7-29-21(36-12)18-6-15(35-11-16-10-28-3-4-34-16)5-17(19(18)24)20(33)32-13(2)14-8-30-22(31-9-14)23(25,26)27/h5-9,13,16,28H,3-4,10-11H2,1-2H3,(H,32,33)/t13?,16-/m1/s1. The molecule has 13 heteroatoms. The molecule has 0 bridgehead atoms. The van der Waals surface area contributed by atoms with Crippen LogP contribution in [-0.4, -0.2) is 53.3 Å². The monoisotopic (exact) mass is 525 g/mol. The molecule has 0 spiro atoms. The van der Waals surface area contributed by atoms with Crippen LogP contribution < -0.4 is 15.4 Å². The highest BCUT2D eigenvalue weighted by atomic mass is 32.1. The van der Waals surface area contributed by atoms with E-state index < -0.39 is 29.8 Å². The summed E-state index contributed by atoms with van der Waals surface area (Å²) in [4.78, 5) is 24.7. The van der Waals surface area contributed by atoms with Crippen molar-refractivity contribution in [3.8, 4) is 16.3 Å². The molecule has 192 valence electrons. The smallest absolute Gasteiger partial charge is 0.451 e. The number of morpholine rings is 1. The van der Waals surface area contributed by atoms with Gasteiger partial charge < -0.3 is 20.1 Å². The second-order valence-electron chi connectivity index (χ2n) is 8.15. The Morgan fingerprint density at radius 3 is 2.64 bits per heavy atom. The highest BCUT2D eigenvalue weighted by Gasteiger charge is 2.34. The Morgan fingerprint density at radius 2 is 2.03 bits per heavy atom. The summed E-state index contributed by atoms with van der Waals surface area (Å²) < 4.78 is 65.1. The number of thiazole rings is 1. The van der Waals surface area contributed by atoms with Gasteiger partial charge in [-0.05, 0) is 26.0 Å². The van der Waals surface area contributed by atoms with E-state index in [4.69, 9.17) is 9.47 Å². The molecule has 1 aliphatic heterocycles. The van der Waals surface area contributed by atoms with Gasteiger partial charge in [0, 0.05) is 42.1 Å². The molecule has 4 rings (SSSR count).